The summed E-state index contributed by atoms with van der Waals surface area (Å²) in [6.07, 6.45) is 0. The molecule has 1 aromatic rings. The number of halogens is 1. The van der Waals surface area contributed by atoms with Gasteiger partial charge in [-0.1, -0.05) is 6.07 Å². The molecule has 0 aliphatic carbocycles. The molecule has 64 valence electrons. The van der Waals surface area contributed by atoms with Crippen LogP contribution < -0.4 is 0 Å². The van der Waals surface area contributed by atoms with Gasteiger partial charge < -0.3 is 4.74 Å². The quantitative estimate of drug-likeness (QED) is 0.620. The van der Waals surface area contributed by atoms with Crippen molar-refractivity contribution in [3.8, 4) is 0 Å². The minimum Gasteiger partial charge on any atom is -0.486 e. The maximum Gasteiger partial charge on any atom is 0.193 e. The molecule has 0 bridgehead atoms. The lowest BCUT2D eigenvalue weighted by atomic mass is 10.1. The van der Waals surface area contributed by atoms with Gasteiger partial charge in [0.15, 0.2) is 5.05 Å². The Labute approximate surface area is 76.2 Å². The molecule has 0 N–H and O–H groups in total. The molecule has 0 saturated heterocycles. The van der Waals surface area contributed by atoms with E-state index in [9.17, 15) is 4.39 Å². The average molecular weight is 184 g/mol. The number of thiocarbonyl (C=S) groups is 1. The molecule has 0 fully saturated rings. The van der Waals surface area contributed by atoms with Crippen molar-refractivity contribution >= 4 is 17.3 Å². The number of rotatable bonds is 1. The van der Waals surface area contributed by atoms with Gasteiger partial charge in [0.2, 0.25) is 0 Å². The van der Waals surface area contributed by atoms with Crippen LogP contribution in [0.25, 0.3) is 0 Å². The van der Waals surface area contributed by atoms with Crippen LogP contribution in [0.15, 0.2) is 18.2 Å². The first-order chi connectivity index (χ1) is 5.65. The zero-order valence-corrected chi connectivity index (χ0v) is 7.74. The molecule has 1 aromatic carbocycles. The Hall–Kier alpha value is -0.960. The topological polar surface area (TPSA) is 9.23 Å². The summed E-state index contributed by atoms with van der Waals surface area (Å²) in [5.41, 5.74) is 1.22. The molecule has 0 aromatic heterocycles. The minimum atomic E-state index is -0.332. The van der Waals surface area contributed by atoms with Crippen LogP contribution in [0.4, 0.5) is 4.39 Å². The molecule has 0 aliphatic rings. The van der Waals surface area contributed by atoms with Gasteiger partial charge in [0, 0.05) is 0 Å². The van der Waals surface area contributed by atoms with E-state index in [-0.39, 0.29) is 10.9 Å². The molecule has 0 aliphatic heterocycles. The summed E-state index contributed by atoms with van der Waals surface area (Å²) in [6, 6.07) is 4.85. The summed E-state index contributed by atoms with van der Waals surface area (Å²) in [4.78, 5) is 0. The maximum absolute atomic E-state index is 13.1. The van der Waals surface area contributed by atoms with Crippen molar-refractivity contribution in [1.29, 1.82) is 0 Å². The van der Waals surface area contributed by atoms with Crippen LogP contribution in [-0.4, -0.2) is 12.2 Å². The van der Waals surface area contributed by atoms with E-state index in [4.69, 9.17) is 17.0 Å². The molecule has 0 unspecified atom stereocenters. The fourth-order valence-corrected chi connectivity index (χ4v) is 1.06. The minimum absolute atomic E-state index is 0.188. The van der Waals surface area contributed by atoms with Crippen LogP contribution in [-0.2, 0) is 4.74 Å². The first-order valence-corrected chi connectivity index (χ1v) is 3.90. The van der Waals surface area contributed by atoms with Crippen LogP contribution in [0.2, 0.25) is 0 Å². The van der Waals surface area contributed by atoms with Gasteiger partial charge in [-0.15, -0.1) is 0 Å². The van der Waals surface area contributed by atoms with Crippen LogP contribution in [0, 0.1) is 12.7 Å². The predicted octanol–water partition coefficient (Wildman–Crippen LogP) is 2.46. The van der Waals surface area contributed by atoms with Gasteiger partial charge in [0.25, 0.3) is 0 Å². The van der Waals surface area contributed by atoms with E-state index in [0.717, 1.165) is 5.56 Å². The Bertz CT molecular complexity index is 309. The second kappa shape index (κ2) is 3.63. The van der Waals surface area contributed by atoms with Gasteiger partial charge >= 0.3 is 0 Å². The highest BCUT2D eigenvalue weighted by molar-refractivity contribution is 7.80. The summed E-state index contributed by atoms with van der Waals surface area (Å²) in [5, 5.41) is 0.188. The Morgan fingerprint density at radius 3 is 2.67 bits per heavy atom. The van der Waals surface area contributed by atoms with Crippen molar-refractivity contribution in [3.05, 3.63) is 35.1 Å². The highest BCUT2D eigenvalue weighted by atomic mass is 32.1. The van der Waals surface area contributed by atoms with E-state index in [1.165, 1.54) is 13.2 Å². The van der Waals surface area contributed by atoms with Gasteiger partial charge in [-0.2, -0.15) is 0 Å². The van der Waals surface area contributed by atoms with Gasteiger partial charge in [-0.3, -0.25) is 0 Å². The summed E-state index contributed by atoms with van der Waals surface area (Å²) in [6.45, 7) is 1.82. The van der Waals surface area contributed by atoms with Crippen LogP contribution in [0.3, 0.4) is 0 Å². The summed E-state index contributed by atoms with van der Waals surface area (Å²) in [7, 11) is 1.43. The lowest BCUT2D eigenvalue weighted by Crippen LogP contribution is -2.02. The molecule has 1 nitrogen and oxygen atoms in total. The second-order valence-corrected chi connectivity index (χ2v) is 2.85. The molecule has 0 heterocycles. The number of hydrogen-bond acceptors (Lipinski definition) is 2. The van der Waals surface area contributed by atoms with Crippen molar-refractivity contribution in [2.45, 2.75) is 6.92 Å². The van der Waals surface area contributed by atoms with E-state index >= 15 is 0 Å². The number of ether oxygens (including phenoxy) is 1. The van der Waals surface area contributed by atoms with Crippen molar-refractivity contribution in [1.82, 2.24) is 0 Å². The number of benzene rings is 1. The molecule has 0 radical (unpaired) electrons. The highest BCUT2D eigenvalue weighted by Crippen LogP contribution is 2.11. The van der Waals surface area contributed by atoms with E-state index in [0.29, 0.717) is 5.56 Å². The maximum atomic E-state index is 13.1. The van der Waals surface area contributed by atoms with Gasteiger partial charge in [-0.25, -0.2) is 4.39 Å². The average Bonchev–Trinajstić information content (AvgIpc) is 2.03. The van der Waals surface area contributed by atoms with Gasteiger partial charge in [0.05, 0.1) is 12.7 Å². The Morgan fingerprint density at radius 2 is 2.17 bits per heavy atom. The molecule has 1 rings (SSSR count). The second-order valence-electron chi connectivity index (χ2n) is 2.47. The molecule has 0 saturated carbocycles. The largest absolute Gasteiger partial charge is 0.486 e. The fraction of sp³-hybridized carbons (Fsp3) is 0.222. The SMILES string of the molecule is COC(=S)c1ccc(C)cc1F. The first kappa shape index (κ1) is 9.13. The summed E-state index contributed by atoms with van der Waals surface area (Å²) >= 11 is 4.79. The molecule has 0 spiro atoms. The Morgan fingerprint density at radius 1 is 1.50 bits per heavy atom. The molecule has 0 amide bonds. The molecule has 12 heavy (non-hydrogen) atoms. The predicted molar refractivity (Wildman–Crippen MR) is 49.8 cm³/mol. The third-order valence-corrected chi connectivity index (χ3v) is 1.92. The lowest BCUT2D eigenvalue weighted by Gasteiger charge is -2.03. The zero-order chi connectivity index (χ0) is 9.14. The third kappa shape index (κ3) is 1.80. The van der Waals surface area contributed by atoms with Crippen LogP contribution in [0.5, 0.6) is 0 Å². The van der Waals surface area contributed by atoms with Crippen molar-refractivity contribution in [3.63, 3.8) is 0 Å². The smallest absolute Gasteiger partial charge is 0.193 e. The van der Waals surface area contributed by atoms with E-state index in [2.05, 4.69) is 0 Å². The standard InChI is InChI=1S/C9H9FOS/c1-6-3-4-7(8(10)5-6)9(12)11-2/h3-5H,1-2H3. The van der Waals surface area contributed by atoms with E-state index < -0.39 is 0 Å². The van der Waals surface area contributed by atoms with Crippen molar-refractivity contribution < 1.29 is 9.13 Å². The van der Waals surface area contributed by atoms with Crippen molar-refractivity contribution in [2.75, 3.05) is 7.11 Å². The van der Waals surface area contributed by atoms with Crippen LogP contribution >= 0.6 is 12.2 Å². The lowest BCUT2D eigenvalue weighted by molar-refractivity contribution is 0.413. The summed E-state index contributed by atoms with van der Waals surface area (Å²) < 4.78 is 17.9. The van der Waals surface area contributed by atoms with Crippen LogP contribution in [0.1, 0.15) is 11.1 Å². The Kier molecular flexibility index (Phi) is 2.76. The van der Waals surface area contributed by atoms with E-state index in [1.54, 1.807) is 12.1 Å². The Balaban J connectivity index is 3.09. The number of methoxy groups -OCH3 is 1. The van der Waals surface area contributed by atoms with Gasteiger partial charge in [-0.05, 0) is 36.8 Å². The normalized spacial score (nSPS) is 9.58. The fourth-order valence-electron chi connectivity index (χ4n) is 0.896. The number of aryl methyl sites for hydroxylation is 1. The van der Waals surface area contributed by atoms with Gasteiger partial charge in [0.1, 0.15) is 5.82 Å². The monoisotopic (exact) mass is 184 g/mol. The molecule has 3 heteroatoms. The molecular weight excluding hydrogens is 175 g/mol. The van der Waals surface area contributed by atoms with Crippen molar-refractivity contribution in [2.24, 2.45) is 0 Å². The number of hydrogen-bond donors (Lipinski definition) is 0. The summed E-state index contributed by atoms with van der Waals surface area (Å²) in [5.74, 6) is -0.332. The first-order valence-electron chi connectivity index (χ1n) is 3.49. The third-order valence-electron chi connectivity index (χ3n) is 1.53. The molecular formula is C9H9FOS. The molecule has 0 atom stereocenters. The highest BCUT2D eigenvalue weighted by Gasteiger charge is 2.06. The van der Waals surface area contributed by atoms with E-state index in [1.807, 2.05) is 6.92 Å². The zero-order valence-electron chi connectivity index (χ0n) is 6.93.